The van der Waals surface area contributed by atoms with Crippen molar-refractivity contribution in [1.82, 2.24) is 0 Å². The predicted molar refractivity (Wildman–Crippen MR) is 58.0 cm³/mol. The van der Waals surface area contributed by atoms with E-state index in [4.69, 9.17) is 0 Å². The van der Waals surface area contributed by atoms with Gasteiger partial charge in [0.15, 0.2) is 0 Å². The molecule has 0 unspecified atom stereocenters. The van der Waals surface area contributed by atoms with Crippen LogP contribution in [0, 0.1) is 11.8 Å². The first-order valence-electron chi connectivity index (χ1n) is 5.71. The van der Waals surface area contributed by atoms with Crippen molar-refractivity contribution in [1.29, 1.82) is 0 Å². The average Bonchev–Trinajstić information content (AvgIpc) is 2.03. The first-order valence-corrected chi connectivity index (χ1v) is 5.71. The maximum Gasteiger partial charge on any atom is 0.0928 e. The lowest BCUT2D eigenvalue weighted by Gasteiger charge is -2.44. The Morgan fingerprint density at radius 3 is 1.93 bits per heavy atom. The molecule has 0 amide bonds. The van der Waals surface area contributed by atoms with Crippen molar-refractivity contribution in [2.45, 2.75) is 64.6 Å². The summed E-state index contributed by atoms with van der Waals surface area (Å²) in [5, 5.41) is 20.1. The van der Waals surface area contributed by atoms with Crippen molar-refractivity contribution < 1.29 is 10.2 Å². The summed E-state index contributed by atoms with van der Waals surface area (Å²) < 4.78 is 0. The van der Waals surface area contributed by atoms with Crippen molar-refractivity contribution in [2.75, 3.05) is 0 Å². The quantitative estimate of drug-likeness (QED) is 0.718. The van der Waals surface area contributed by atoms with Gasteiger partial charge in [-0.3, -0.25) is 0 Å². The Bertz CT molecular complexity index is 183. The van der Waals surface area contributed by atoms with Gasteiger partial charge in [-0.15, -0.1) is 0 Å². The number of hydrogen-bond acceptors (Lipinski definition) is 2. The smallest absolute Gasteiger partial charge is 0.0928 e. The zero-order valence-corrected chi connectivity index (χ0v) is 9.88. The molecule has 0 heterocycles. The summed E-state index contributed by atoms with van der Waals surface area (Å²) in [5.74, 6) is 1.42. The van der Waals surface area contributed by atoms with Crippen LogP contribution in [-0.2, 0) is 0 Å². The Kier molecular flexibility index (Phi) is 3.27. The zero-order chi connectivity index (χ0) is 11.0. The van der Waals surface area contributed by atoms with Crippen LogP contribution in [0.1, 0.15) is 53.4 Å². The van der Waals surface area contributed by atoms with Crippen LogP contribution in [0.4, 0.5) is 0 Å². The van der Waals surface area contributed by atoms with Gasteiger partial charge in [0.05, 0.1) is 11.2 Å². The van der Waals surface area contributed by atoms with E-state index in [2.05, 4.69) is 13.8 Å². The summed E-state index contributed by atoms with van der Waals surface area (Å²) in [4.78, 5) is 0. The van der Waals surface area contributed by atoms with Crippen LogP contribution in [0.15, 0.2) is 0 Å². The minimum atomic E-state index is -0.963. The fourth-order valence-electron chi connectivity index (χ4n) is 2.40. The highest BCUT2D eigenvalue weighted by Gasteiger charge is 2.44. The van der Waals surface area contributed by atoms with Crippen LogP contribution in [-0.4, -0.2) is 21.4 Å². The Labute approximate surface area is 87.3 Å². The summed E-state index contributed by atoms with van der Waals surface area (Å²) in [7, 11) is 0. The minimum absolute atomic E-state index is 0.696. The van der Waals surface area contributed by atoms with Crippen LogP contribution in [0.2, 0.25) is 0 Å². The maximum absolute atomic E-state index is 10.3. The third-order valence-electron chi connectivity index (χ3n) is 3.94. The molecule has 84 valence electrons. The zero-order valence-electron chi connectivity index (χ0n) is 9.88. The Morgan fingerprint density at radius 1 is 1.21 bits per heavy atom. The minimum Gasteiger partial charge on any atom is -0.387 e. The average molecular weight is 200 g/mol. The van der Waals surface area contributed by atoms with Crippen LogP contribution < -0.4 is 0 Å². The van der Waals surface area contributed by atoms with Gasteiger partial charge in [-0.1, -0.05) is 13.8 Å². The third-order valence-corrected chi connectivity index (χ3v) is 3.94. The van der Waals surface area contributed by atoms with Crippen molar-refractivity contribution in [3.05, 3.63) is 0 Å². The number of rotatable bonds is 2. The molecule has 0 saturated heterocycles. The third kappa shape index (κ3) is 2.29. The van der Waals surface area contributed by atoms with E-state index in [1.54, 1.807) is 13.8 Å². The highest BCUT2D eigenvalue weighted by molar-refractivity contribution is 4.97. The van der Waals surface area contributed by atoms with E-state index in [-0.39, 0.29) is 0 Å². The topological polar surface area (TPSA) is 40.5 Å². The van der Waals surface area contributed by atoms with E-state index in [1.807, 2.05) is 0 Å². The molecule has 1 saturated carbocycles. The van der Waals surface area contributed by atoms with E-state index in [0.29, 0.717) is 5.92 Å². The first-order chi connectivity index (χ1) is 6.26. The number of hydrogen-bond donors (Lipinski definition) is 2. The molecule has 14 heavy (non-hydrogen) atoms. The summed E-state index contributed by atoms with van der Waals surface area (Å²) in [5.41, 5.74) is -1.83. The van der Waals surface area contributed by atoms with E-state index in [1.165, 1.54) is 0 Å². The largest absolute Gasteiger partial charge is 0.387 e. The molecule has 0 aromatic rings. The van der Waals surface area contributed by atoms with E-state index >= 15 is 0 Å². The van der Waals surface area contributed by atoms with Crippen LogP contribution in [0.5, 0.6) is 0 Å². The van der Waals surface area contributed by atoms with E-state index < -0.39 is 11.2 Å². The molecule has 1 rings (SSSR count). The Morgan fingerprint density at radius 2 is 1.64 bits per heavy atom. The summed E-state index contributed by atoms with van der Waals surface area (Å²) in [6.07, 6.45) is 3.55. The summed E-state index contributed by atoms with van der Waals surface area (Å²) in [6, 6.07) is 0. The lowest BCUT2D eigenvalue weighted by Crippen LogP contribution is -2.52. The molecule has 0 atom stereocenters. The Hall–Kier alpha value is -0.0800. The lowest BCUT2D eigenvalue weighted by atomic mass is 9.69. The molecule has 0 aromatic heterocycles. The van der Waals surface area contributed by atoms with Gasteiger partial charge in [0.25, 0.3) is 0 Å². The van der Waals surface area contributed by atoms with Gasteiger partial charge in [-0.25, -0.2) is 0 Å². The molecule has 1 aliphatic rings. The van der Waals surface area contributed by atoms with Gasteiger partial charge in [-0.2, -0.15) is 0 Å². The van der Waals surface area contributed by atoms with Gasteiger partial charge in [0.2, 0.25) is 0 Å². The first kappa shape index (κ1) is 12.0. The predicted octanol–water partition coefficient (Wildman–Crippen LogP) is 2.33. The SMILES string of the molecule is CC(C)C1CCC(O)(C(C)(C)O)CC1. The van der Waals surface area contributed by atoms with Gasteiger partial charge in [0.1, 0.15) is 0 Å². The molecule has 0 radical (unpaired) electrons. The molecule has 2 heteroatoms. The fourth-order valence-corrected chi connectivity index (χ4v) is 2.40. The number of aliphatic hydroxyl groups is 2. The summed E-state index contributed by atoms with van der Waals surface area (Å²) in [6.45, 7) is 7.89. The van der Waals surface area contributed by atoms with Crippen molar-refractivity contribution in [2.24, 2.45) is 11.8 Å². The summed E-state index contributed by atoms with van der Waals surface area (Å²) >= 11 is 0. The Balaban J connectivity index is 2.58. The van der Waals surface area contributed by atoms with Gasteiger partial charge < -0.3 is 10.2 Å². The van der Waals surface area contributed by atoms with E-state index in [9.17, 15) is 10.2 Å². The van der Waals surface area contributed by atoms with Gasteiger partial charge >= 0.3 is 0 Å². The molecule has 0 aliphatic heterocycles. The van der Waals surface area contributed by atoms with Crippen molar-refractivity contribution >= 4 is 0 Å². The monoisotopic (exact) mass is 200 g/mol. The highest BCUT2D eigenvalue weighted by atomic mass is 16.4. The molecule has 1 aliphatic carbocycles. The lowest BCUT2D eigenvalue weighted by molar-refractivity contribution is -0.155. The molecule has 2 N–H and O–H groups in total. The fraction of sp³-hybridized carbons (Fsp3) is 1.00. The van der Waals surface area contributed by atoms with Crippen molar-refractivity contribution in [3.8, 4) is 0 Å². The van der Waals surface area contributed by atoms with Gasteiger partial charge in [-0.05, 0) is 51.4 Å². The molecule has 0 bridgehead atoms. The molecular weight excluding hydrogens is 176 g/mol. The van der Waals surface area contributed by atoms with Gasteiger partial charge in [0, 0.05) is 0 Å². The van der Waals surface area contributed by atoms with Crippen LogP contribution in [0.3, 0.4) is 0 Å². The maximum atomic E-state index is 10.3. The van der Waals surface area contributed by atoms with Crippen molar-refractivity contribution in [3.63, 3.8) is 0 Å². The molecule has 0 aromatic carbocycles. The second kappa shape index (κ2) is 3.82. The molecule has 1 fully saturated rings. The highest BCUT2D eigenvalue weighted by Crippen LogP contribution is 2.41. The second-order valence-electron chi connectivity index (χ2n) is 5.67. The normalized spacial score (nSPS) is 34.9. The molecule has 2 nitrogen and oxygen atoms in total. The molecule has 0 spiro atoms. The van der Waals surface area contributed by atoms with E-state index in [0.717, 1.165) is 31.6 Å². The molecular formula is C12H24O2. The standard InChI is InChI=1S/C12H24O2/c1-9(2)10-5-7-12(14,8-6-10)11(3,4)13/h9-10,13-14H,5-8H2,1-4H3. The van der Waals surface area contributed by atoms with Crippen LogP contribution >= 0.6 is 0 Å². The second-order valence-corrected chi connectivity index (χ2v) is 5.67. The van der Waals surface area contributed by atoms with Crippen LogP contribution in [0.25, 0.3) is 0 Å².